The third-order valence-electron chi connectivity index (χ3n) is 11.5. The van der Waals surface area contributed by atoms with Gasteiger partial charge in [-0.15, -0.1) is 0 Å². The number of nitrogens with zero attached hydrogens (tertiary/aromatic N) is 5. The molecule has 0 saturated heterocycles. The highest BCUT2D eigenvalue weighted by Gasteiger charge is 2.20. The highest BCUT2D eigenvalue weighted by atomic mass is 16.3. The molecule has 0 aliphatic heterocycles. The highest BCUT2D eigenvalue weighted by Crippen LogP contribution is 2.43. The smallest absolute Gasteiger partial charge is 0.137 e. The molecule has 0 bridgehead atoms. The van der Waals surface area contributed by atoms with Crippen LogP contribution in [-0.4, -0.2) is 9.13 Å². The van der Waals surface area contributed by atoms with E-state index in [1.807, 2.05) is 72.8 Å². The van der Waals surface area contributed by atoms with E-state index in [0.29, 0.717) is 16.7 Å². The van der Waals surface area contributed by atoms with Gasteiger partial charge in [0.2, 0.25) is 0 Å². The van der Waals surface area contributed by atoms with Gasteiger partial charge in [0, 0.05) is 66.6 Å². The van der Waals surface area contributed by atoms with E-state index in [1.165, 1.54) is 0 Å². The van der Waals surface area contributed by atoms with Crippen LogP contribution < -0.4 is 0 Å². The summed E-state index contributed by atoms with van der Waals surface area (Å²) in [6.45, 7) is 0. The second-order valence-corrected chi connectivity index (χ2v) is 14.7. The van der Waals surface area contributed by atoms with Crippen molar-refractivity contribution in [1.29, 1.82) is 15.8 Å². The van der Waals surface area contributed by atoms with Crippen molar-refractivity contribution in [1.82, 2.24) is 9.13 Å². The van der Waals surface area contributed by atoms with E-state index < -0.39 is 0 Å². The number of hydrogen-bond acceptors (Lipinski definition) is 5. The van der Waals surface area contributed by atoms with Gasteiger partial charge in [0.05, 0.1) is 57.0 Å². The van der Waals surface area contributed by atoms with Crippen molar-refractivity contribution in [2.45, 2.75) is 0 Å². The first-order chi connectivity index (χ1) is 28.6. The number of hydrogen-bond donors (Lipinski definition) is 0. The number of para-hydroxylation sites is 2. The van der Waals surface area contributed by atoms with Crippen LogP contribution in [0.1, 0.15) is 16.7 Å². The summed E-state index contributed by atoms with van der Waals surface area (Å²) in [5.41, 5.74) is 12.2. The Kier molecular flexibility index (Phi) is 6.41. The fraction of sp³-hybridized carbons (Fsp3) is 0. The summed E-state index contributed by atoms with van der Waals surface area (Å²) < 4.78 is 17.1. The average Bonchev–Trinajstić information content (AvgIpc) is 4.01. The number of nitriles is 3. The molecule has 0 radical (unpaired) electrons. The van der Waals surface area contributed by atoms with Crippen LogP contribution in [0.5, 0.6) is 0 Å². The number of fused-ring (bicyclic) bond motifs is 12. The van der Waals surface area contributed by atoms with E-state index in [2.05, 4.69) is 100 Å². The molecular weight excluding hydrogens is 715 g/mol. The molecule has 0 aliphatic rings. The lowest BCUT2D eigenvalue weighted by Crippen LogP contribution is -1.96. The molecule has 8 aromatic carbocycles. The SMILES string of the molecule is N#Cc1cccc(-n2c3ccc(-c4ccc5c(c4)c4cc6c(cc4n5-c4cc(C#N)cc(C#N)c4)oc4ccccc46)cc3c3cc4c(cc32)oc2ccccc24)c1. The maximum atomic E-state index is 9.91. The lowest BCUT2D eigenvalue weighted by molar-refractivity contribution is 0.669. The number of rotatable bonds is 3. The normalized spacial score (nSPS) is 11.7. The molecule has 12 rings (SSSR count). The topological polar surface area (TPSA) is 108 Å². The minimum Gasteiger partial charge on any atom is -0.456 e. The van der Waals surface area contributed by atoms with E-state index in [-0.39, 0.29) is 0 Å². The Balaban J connectivity index is 1.13. The minimum absolute atomic E-state index is 0.415. The predicted molar refractivity (Wildman–Crippen MR) is 229 cm³/mol. The lowest BCUT2D eigenvalue weighted by Gasteiger charge is -2.10. The molecule has 4 aromatic heterocycles. The molecule has 0 spiro atoms. The molecule has 0 amide bonds. The highest BCUT2D eigenvalue weighted by molar-refractivity contribution is 6.20. The van der Waals surface area contributed by atoms with Gasteiger partial charge in [-0.2, -0.15) is 15.8 Å². The Morgan fingerprint density at radius 2 is 0.810 bits per heavy atom. The molecule has 0 aliphatic carbocycles. The Labute approximate surface area is 329 Å². The van der Waals surface area contributed by atoms with Gasteiger partial charge in [-0.1, -0.05) is 54.6 Å². The van der Waals surface area contributed by atoms with Gasteiger partial charge < -0.3 is 18.0 Å². The van der Waals surface area contributed by atoms with Crippen molar-refractivity contribution < 1.29 is 8.83 Å². The molecule has 0 fully saturated rings. The molecule has 0 unspecified atom stereocenters. The zero-order valence-corrected chi connectivity index (χ0v) is 30.5. The van der Waals surface area contributed by atoms with Gasteiger partial charge in [-0.05, 0) is 96.1 Å². The summed E-state index contributed by atoms with van der Waals surface area (Å²) in [5.74, 6) is 0. The molecule has 0 atom stereocenters. The average molecular weight is 740 g/mol. The zero-order valence-electron chi connectivity index (χ0n) is 30.5. The Bertz CT molecular complexity index is 3880. The van der Waals surface area contributed by atoms with Gasteiger partial charge in [0.1, 0.15) is 22.3 Å². The fourth-order valence-corrected chi connectivity index (χ4v) is 8.98. The maximum Gasteiger partial charge on any atom is 0.137 e. The molecule has 7 nitrogen and oxygen atoms in total. The van der Waals surface area contributed by atoms with Crippen molar-refractivity contribution in [2.24, 2.45) is 0 Å². The van der Waals surface area contributed by atoms with Crippen LogP contribution in [-0.2, 0) is 0 Å². The lowest BCUT2D eigenvalue weighted by atomic mass is 10.00. The van der Waals surface area contributed by atoms with Crippen molar-refractivity contribution in [2.75, 3.05) is 0 Å². The van der Waals surface area contributed by atoms with Crippen LogP contribution in [0.2, 0.25) is 0 Å². The number of furan rings is 2. The van der Waals surface area contributed by atoms with Gasteiger partial charge >= 0.3 is 0 Å². The van der Waals surface area contributed by atoms with Gasteiger partial charge in [-0.3, -0.25) is 0 Å². The zero-order chi connectivity index (χ0) is 38.6. The summed E-state index contributed by atoms with van der Waals surface area (Å²) in [5, 5.41) is 38.0. The van der Waals surface area contributed by atoms with E-state index in [1.54, 1.807) is 6.07 Å². The van der Waals surface area contributed by atoms with Gasteiger partial charge in [0.25, 0.3) is 0 Å². The minimum atomic E-state index is 0.415. The van der Waals surface area contributed by atoms with E-state index in [0.717, 1.165) is 110 Å². The van der Waals surface area contributed by atoms with Crippen molar-refractivity contribution in [3.05, 3.63) is 168 Å². The van der Waals surface area contributed by atoms with Crippen molar-refractivity contribution in [3.63, 3.8) is 0 Å². The van der Waals surface area contributed by atoms with E-state index >= 15 is 0 Å². The number of aromatic nitrogens is 2. The summed E-state index contributed by atoms with van der Waals surface area (Å²) in [7, 11) is 0. The Morgan fingerprint density at radius 1 is 0.328 bits per heavy atom. The van der Waals surface area contributed by atoms with Crippen molar-refractivity contribution >= 4 is 87.5 Å². The summed E-state index contributed by atoms with van der Waals surface area (Å²) in [6.07, 6.45) is 0. The summed E-state index contributed by atoms with van der Waals surface area (Å²) in [4.78, 5) is 0. The number of benzene rings is 8. The molecule has 0 saturated carbocycles. The standard InChI is InChI=1S/C51H25N5O2/c52-26-29-6-5-7-34(17-29)55-44-14-12-32(20-38(44)40-22-42-36-8-1-3-10-48(36)57-50(42)24-46(40)55)33-13-15-45-39(21-33)41-23-43-37-9-2-4-11-49(37)58-51(43)25-47(41)56(45)35-18-30(27-53)16-31(19-35)28-54/h1-25H. The van der Waals surface area contributed by atoms with Crippen LogP contribution in [0.4, 0.5) is 0 Å². The largest absolute Gasteiger partial charge is 0.456 e. The molecule has 58 heavy (non-hydrogen) atoms. The monoisotopic (exact) mass is 739 g/mol. The van der Waals surface area contributed by atoms with E-state index in [4.69, 9.17) is 8.83 Å². The van der Waals surface area contributed by atoms with Crippen LogP contribution in [0, 0.1) is 34.0 Å². The van der Waals surface area contributed by atoms with Crippen molar-refractivity contribution in [3.8, 4) is 40.7 Å². The maximum absolute atomic E-state index is 9.91. The van der Waals surface area contributed by atoms with Crippen LogP contribution in [0.25, 0.3) is 110 Å². The first-order valence-corrected chi connectivity index (χ1v) is 18.8. The molecular formula is C51H25N5O2. The summed E-state index contributed by atoms with van der Waals surface area (Å²) >= 11 is 0. The quantitative estimate of drug-likeness (QED) is 0.179. The predicted octanol–water partition coefficient (Wildman–Crippen LogP) is 13.0. The second kappa shape index (κ2) is 11.7. The molecule has 7 heteroatoms. The molecule has 0 N–H and O–H groups in total. The Hall–Kier alpha value is -8.57. The first-order valence-electron chi connectivity index (χ1n) is 18.8. The van der Waals surface area contributed by atoms with Gasteiger partial charge in [-0.25, -0.2) is 0 Å². The van der Waals surface area contributed by atoms with Gasteiger partial charge in [0.15, 0.2) is 0 Å². The van der Waals surface area contributed by atoms with E-state index in [9.17, 15) is 15.8 Å². The molecule has 4 heterocycles. The van der Waals surface area contributed by atoms with Crippen LogP contribution >= 0.6 is 0 Å². The third-order valence-corrected chi connectivity index (χ3v) is 11.5. The second-order valence-electron chi connectivity index (χ2n) is 14.7. The first kappa shape index (κ1) is 31.7. The summed E-state index contributed by atoms with van der Waals surface area (Å²) in [6, 6.07) is 57.6. The fourth-order valence-electron chi connectivity index (χ4n) is 8.98. The Morgan fingerprint density at radius 3 is 1.34 bits per heavy atom. The molecule has 12 aromatic rings. The third kappa shape index (κ3) is 4.46. The molecule has 266 valence electrons. The van der Waals surface area contributed by atoms with Crippen LogP contribution in [0.15, 0.2) is 160 Å². The van der Waals surface area contributed by atoms with Crippen LogP contribution in [0.3, 0.4) is 0 Å².